The summed E-state index contributed by atoms with van der Waals surface area (Å²) in [6, 6.07) is 8.97. The van der Waals surface area contributed by atoms with Crippen LogP contribution in [-0.4, -0.2) is 18.2 Å². The molecule has 0 bridgehead atoms. The maximum absolute atomic E-state index is 5.87. The molecule has 0 amide bonds. The quantitative estimate of drug-likeness (QED) is 0.832. The van der Waals surface area contributed by atoms with Crippen LogP contribution >= 0.6 is 11.6 Å². The molecular weight excluding hydrogens is 278 g/mol. The highest BCUT2D eigenvalue weighted by molar-refractivity contribution is 6.29. The first-order valence-electron chi connectivity index (χ1n) is 6.31. The van der Waals surface area contributed by atoms with Gasteiger partial charge in [-0.3, -0.25) is 0 Å². The number of halogens is 1. The van der Waals surface area contributed by atoms with Crippen molar-refractivity contribution in [3.63, 3.8) is 0 Å². The molecule has 0 spiro atoms. The minimum atomic E-state index is 0.385. The molecule has 2 heterocycles. The molecule has 1 aromatic heterocycles. The molecule has 0 fully saturated rings. The van der Waals surface area contributed by atoms with Crippen LogP contribution < -0.4 is 20.5 Å². The first-order valence-corrected chi connectivity index (χ1v) is 6.69. The average Bonchev–Trinajstić information content (AvgIpc) is 2.67. The van der Waals surface area contributed by atoms with Crippen LogP contribution in [0.3, 0.4) is 0 Å². The Balaban J connectivity index is 1.87. The molecule has 2 aromatic rings. The molecule has 3 N–H and O–H groups in total. The summed E-state index contributed by atoms with van der Waals surface area (Å²) in [7, 11) is 0. The summed E-state index contributed by atoms with van der Waals surface area (Å²) < 4.78 is 11.2. The first kappa shape index (κ1) is 12.9. The highest BCUT2D eigenvalue weighted by atomic mass is 35.5. The number of benzene rings is 1. The van der Waals surface area contributed by atoms with Gasteiger partial charge in [0.15, 0.2) is 17.3 Å². The van der Waals surface area contributed by atoms with Crippen molar-refractivity contribution in [2.45, 2.75) is 6.42 Å². The Morgan fingerprint density at radius 1 is 1.10 bits per heavy atom. The molecule has 1 aliphatic heterocycles. The van der Waals surface area contributed by atoms with Crippen LogP contribution in [0.25, 0.3) is 0 Å². The molecule has 6 heteroatoms. The summed E-state index contributed by atoms with van der Waals surface area (Å²) >= 11 is 5.87. The number of nitrogens with zero attached hydrogens (tertiary/aromatic N) is 1. The van der Waals surface area contributed by atoms with E-state index in [4.69, 9.17) is 26.8 Å². The number of fused-ring (bicyclic) bond motifs is 1. The number of anilines is 3. The van der Waals surface area contributed by atoms with E-state index in [2.05, 4.69) is 10.3 Å². The van der Waals surface area contributed by atoms with Gasteiger partial charge < -0.3 is 20.5 Å². The van der Waals surface area contributed by atoms with Crippen LogP contribution in [0.2, 0.25) is 5.15 Å². The second-order valence-corrected chi connectivity index (χ2v) is 4.80. The van der Waals surface area contributed by atoms with E-state index < -0.39 is 0 Å². The highest BCUT2D eigenvalue weighted by Crippen LogP contribution is 2.33. The standard InChI is InChI=1S/C14H14ClN3O2/c15-13-5-3-10(16)14(18-13)17-9-2-4-11-12(8-9)20-7-1-6-19-11/h2-5,8H,1,6-7,16H2,(H,17,18). The molecule has 0 saturated heterocycles. The van der Waals surface area contributed by atoms with Gasteiger partial charge in [0, 0.05) is 18.2 Å². The lowest BCUT2D eigenvalue weighted by Crippen LogP contribution is -2.00. The molecule has 1 aliphatic rings. The number of rotatable bonds is 2. The molecule has 0 saturated carbocycles. The van der Waals surface area contributed by atoms with Gasteiger partial charge in [-0.05, 0) is 24.3 Å². The van der Waals surface area contributed by atoms with Gasteiger partial charge >= 0.3 is 0 Å². The SMILES string of the molecule is Nc1ccc(Cl)nc1Nc1ccc2c(c1)OCCCO2. The number of hydrogen-bond donors (Lipinski definition) is 2. The van der Waals surface area contributed by atoms with Gasteiger partial charge in [-0.25, -0.2) is 4.98 Å². The summed E-state index contributed by atoms with van der Waals surface area (Å²) in [5.41, 5.74) is 7.21. The fourth-order valence-electron chi connectivity index (χ4n) is 1.92. The second-order valence-electron chi connectivity index (χ2n) is 4.41. The molecule has 3 rings (SSSR count). The van der Waals surface area contributed by atoms with Crippen LogP contribution in [-0.2, 0) is 0 Å². The monoisotopic (exact) mass is 291 g/mol. The molecule has 20 heavy (non-hydrogen) atoms. The lowest BCUT2D eigenvalue weighted by molar-refractivity contribution is 0.297. The van der Waals surface area contributed by atoms with Gasteiger partial charge in [-0.2, -0.15) is 0 Å². The number of aromatic nitrogens is 1. The number of pyridine rings is 1. The minimum Gasteiger partial charge on any atom is -0.490 e. The van der Waals surface area contributed by atoms with E-state index in [0.717, 1.165) is 17.9 Å². The zero-order valence-corrected chi connectivity index (χ0v) is 11.5. The molecule has 0 atom stereocenters. The molecule has 5 nitrogen and oxygen atoms in total. The predicted molar refractivity (Wildman–Crippen MR) is 79.0 cm³/mol. The summed E-state index contributed by atoms with van der Waals surface area (Å²) in [6.07, 6.45) is 0.875. The Kier molecular flexibility index (Phi) is 3.52. The molecule has 0 unspecified atom stereocenters. The van der Waals surface area contributed by atoms with Gasteiger partial charge in [0.1, 0.15) is 5.15 Å². The summed E-state index contributed by atoms with van der Waals surface area (Å²) in [5.74, 6) is 1.99. The normalized spacial score (nSPS) is 13.7. The van der Waals surface area contributed by atoms with E-state index in [1.54, 1.807) is 12.1 Å². The molecule has 1 aromatic carbocycles. The summed E-state index contributed by atoms with van der Waals surface area (Å²) in [4.78, 5) is 4.16. The Hall–Kier alpha value is -2.14. The zero-order chi connectivity index (χ0) is 13.9. The first-order chi connectivity index (χ1) is 9.72. The largest absolute Gasteiger partial charge is 0.490 e. The van der Waals surface area contributed by atoms with E-state index in [0.29, 0.717) is 35.6 Å². The van der Waals surface area contributed by atoms with Crippen molar-refractivity contribution in [2.75, 3.05) is 24.3 Å². The third-order valence-corrected chi connectivity index (χ3v) is 3.11. The van der Waals surface area contributed by atoms with E-state index >= 15 is 0 Å². The number of nitrogens with two attached hydrogens (primary N) is 1. The lowest BCUT2D eigenvalue weighted by Gasteiger charge is -2.12. The molecule has 104 valence electrons. The number of ether oxygens (including phenoxy) is 2. The fraction of sp³-hybridized carbons (Fsp3) is 0.214. The van der Waals surface area contributed by atoms with Gasteiger partial charge in [0.25, 0.3) is 0 Å². The van der Waals surface area contributed by atoms with E-state index in [-0.39, 0.29) is 0 Å². The Bertz CT molecular complexity index is 634. The van der Waals surface area contributed by atoms with Crippen molar-refractivity contribution in [1.82, 2.24) is 4.98 Å². The second kappa shape index (κ2) is 5.46. The molecule has 0 aliphatic carbocycles. The summed E-state index contributed by atoms with van der Waals surface area (Å²) in [6.45, 7) is 1.32. The van der Waals surface area contributed by atoms with Gasteiger partial charge in [-0.1, -0.05) is 11.6 Å². The minimum absolute atomic E-state index is 0.385. The lowest BCUT2D eigenvalue weighted by atomic mass is 10.2. The van der Waals surface area contributed by atoms with Crippen molar-refractivity contribution < 1.29 is 9.47 Å². The van der Waals surface area contributed by atoms with Crippen LogP contribution in [0.15, 0.2) is 30.3 Å². The third-order valence-electron chi connectivity index (χ3n) is 2.90. The van der Waals surface area contributed by atoms with Crippen molar-refractivity contribution in [2.24, 2.45) is 0 Å². The van der Waals surface area contributed by atoms with Gasteiger partial charge in [-0.15, -0.1) is 0 Å². The topological polar surface area (TPSA) is 69.4 Å². The molecule has 0 radical (unpaired) electrons. The van der Waals surface area contributed by atoms with Crippen molar-refractivity contribution in [1.29, 1.82) is 0 Å². The highest BCUT2D eigenvalue weighted by Gasteiger charge is 2.11. The summed E-state index contributed by atoms with van der Waals surface area (Å²) in [5, 5.41) is 3.51. The van der Waals surface area contributed by atoms with E-state index in [1.165, 1.54) is 0 Å². The van der Waals surface area contributed by atoms with Crippen LogP contribution in [0.1, 0.15) is 6.42 Å². The van der Waals surface area contributed by atoms with Crippen molar-refractivity contribution in [3.05, 3.63) is 35.5 Å². The van der Waals surface area contributed by atoms with E-state index in [1.807, 2.05) is 18.2 Å². The van der Waals surface area contributed by atoms with Crippen molar-refractivity contribution in [3.8, 4) is 11.5 Å². The smallest absolute Gasteiger partial charge is 0.163 e. The molecular formula is C14H14ClN3O2. The van der Waals surface area contributed by atoms with Crippen LogP contribution in [0.5, 0.6) is 11.5 Å². The zero-order valence-electron chi connectivity index (χ0n) is 10.7. The number of nitrogen functional groups attached to an aromatic ring is 1. The van der Waals surface area contributed by atoms with Crippen LogP contribution in [0.4, 0.5) is 17.2 Å². The third kappa shape index (κ3) is 2.72. The average molecular weight is 292 g/mol. The number of nitrogens with one attached hydrogen (secondary N) is 1. The van der Waals surface area contributed by atoms with Gasteiger partial charge in [0.2, 0.25) is 0 Å². The van der Waals surface area contributed by atoms with Crippen molar-refractivity contribution >= 4 is 28.8 Å². The number of hydrogen-bond acceptors (Lipinski definition) is 5. The fourth-order valence-corrected chi connectivity index (χ4v) is 2.07. The van der Waals surface area contributed by atoms with Crippen LogP contribution in [0, 0.1) is 0 Å². The Labute approximate surface area is 121 Å². The maximum Gasteiger partial charge on any atom is 0.163 e. The van der Waals surface area contributed by atoms with E-state index in [9.17, 15) is 0 Å². The Morgan fingerprint density at radius 2 is 1.90 bits per heavy atom. The predicted octanol–water partition coefficient (Wildman–Crippen LogP) is 3.22. The maximum atomic E-state index is 5.87. The Morgan fingerprint density at radius 3 is 2.75 bits per heavy atom. The van der Waals surface area contributed by atoms with Gasteiger partial charge in [0.05, 0.1) is 18.9 Å².